The van der Waals surface area contributed by atoms with Gasteiger partial charge >= 0.3 is 0 Å². The molecule has 175 valence electrons. The Morgan fingerprint density at radius 1 is 1.06 bits per heavy atom. The van der Waals surface area contributed by atoms with E-state index in [-0.39, 0.29) is 25.4 Å². The molecular formula is C22H23BN5O5S. The van der Waals surface area contributed by atoms with Crippen molar-refractivity contribution in [1.82, 2.24) is 20.2 Å². The Morgan fingerprint density at radius 2 is 1.71 bits per heavy atom. The van der Waals surface area contributed by atoms with Gasteiger partial charge in [0.25, 0.3) is 5.91 Å². The van der Waals surface area contributed by atoms with Gasteiger partial charge in [0, 0.05) is 40.4 Å². The molecule has 1 saturated heterocycles. The predicted molar refractivity (Wildman–Crippen MR) is 126 cm³/mol. The lowest BCUT2D eigenvalue weighted by atomic mass is 10.1. The zero-order chi connectivity index (χ0) is 23.3. The van der Waals surface area contributed by atoms with Crippen LogP contribution < -0.4 is 15.1 Å². The fourth-order valence-electron chi connectivity index (χ4n) is 3.43. The molecule has 0 aliphatic carbocycles. The lowest BCUT2D eigenvalue weighted by Gasteiger charge is -2.33. The molecule has 12 heteroatoms. The van der Waals surface area contributed by atoms with E-state index in [9.17, 15) is 13.2 Å². The normalized spacial score (nSPS) is 15.9. The lowest BCUT2D eigenvalue weighted by molar-refractivity contribution is 0.0436. The maximum absolute atomic E-state index is 12.7. The zero-order valence-corrected chi connectivity index (χ0v) is 19.0. The average Bonchev–Trinajstić information content (AvgIpc) is 2.88. The highest BCUT2D eigenvalue weighted by molar-refractivity contribution is 7.89. The summed E-state index contributed by atoms with van der Waals surface area (Å²) >= 11 is 0. The number of hydrogen-bond acceptors (Lipinski definition) is 8. The van der Waals surface area contributed by atoms with Crippen molar-refractivity contribution in [2.75, 3.05) is 31.1 Å². The first-order valence-corrected chi connectivity index (χ1v) is 11.7. The van der Waals surface area contributed by atoms with Crippen LogP contribution in [0.3, 0.4) is 0 Å². The van der Waals surface area contributed by atoms with Crippen molar-refractivity contribution in [3.63, 3.8) is 0 Å². The first-order valence-electron chi connectivity index (χ1n) is 10.2. The summed E-state index contributed by atoms with van der Waals surface area (Å²) in [5.41, 5.74) is 3.59. The van der Waals surface area contributed by atoms with Crippen molar-refractivity contribution in [1.29, 1.82) is 0 Å². The summed E-state index contributed by atoms with van der Waals surface area (Å²) in [5.74, 6) is -0.315. The third-order valence-electron chi connectivity index (χ3n) is 5.20. The molecule has 4 rings (SSSR count). The molecule has 0 spiro atoms. The van der Waals surface area contributed by atoms with Crippen LogP contribution in [0.15, 0.2) is 71.9 Å². The van der Waals surface area contributed by atoms with Crippen LogP contribution in [0.4, 0.5) is 5.95 Å². The molecule has 10 nitrogen and oxygen atoms in total. The van der Waals surface area contributed by atoms with Gasteiger partial charge in [0.1, 0.15) is 0 Å². The number of sulfonamides is 1. The fourth-order valence-corrected chi connectivity index (χ4v) is 4.50. The molecule has 1 amide bonds. The number of carbonyl (C=O) groups is 1. The van der Waals surface area contributed by atoms with E-state index in [4.69, 9.17) is 9.94 Å². The quantitative estimate of drug-likeness (QED) is 0.260. The summed E-state index contributed by atoms with van der Waals surface area (Å²) in [6, 6.07) is 16.4. The number of morpholine rings is 1. The molecule has 1 aliphatic heterocycles. The standard InChI is InChI=1S/C22H23N5O5S.B/c28-21(26-29)18-12-23-22(24-13-18)27-10-11-32-19(15-27)14-25-33(30,31)20-8-6-17(7-9-20)16-4-2-1-3-5-16;/h1-9,12-13,19,25,29H,10-11,14-15H2,(H,26,28);/t19-;/m1./s1. The van der Waals surface area contributed by atoms with E-state index in [0.717, 1.165) is 11.1 Å². The van der Waals surface area contributed by atoms with Gasteiger partial charge in [-0.3, -0.25) is 10.0 Å². The van der Waals surface area contributed by atoms with Crippen LogP contribution in [-0.2, 0) is 14.8 Å². The highest BCUT2D eigenvalue weighted by Gasteiger charge is 2.25. The van der Waals surface area contributed by atoms with Crippen molar-refractivity contribution >= 4 is 30.3 Å². The van der Waals surface area contributed by atoms with Crippen LogP contribution in [-0.4, -0.2) is 70.3 Å². The van der Waals surface area contributed by atoms with Crippen molar-refractivity contribution in [3.8, 4) is 11.1 Å². The molecule has 2 heterocycles. The van der Waals surface area contributed by atoms with Gasteiger partial charge in [-0.05, 0) is 23.3 Å². The van der Waals surface area contributed by atoms with Crippen molar-refractivity contribution < 1.29 is 23.2 Å². The van der Waals surface area contributed by atoms with E-state index in [2.05, 4.69) is 14.7 Å². The van der Waals surface area contributed by atoms with Gasteiger partial charge in [0.05, 0.1) is 23.2 Å². The molecule has 3 N–H and O–H groups in total. The van der Waals surface area contributed by atoms with E-state index in [1.165, 1.54) is 17.9 Å². The Bertz CT molecular complexity index is 1190. The average molecular weight is 480 g/mol. The first-order chi connectivity index (χ1) is 16.0. The minimum absolute atomic E-state index is 0. The summed E-state index contributed by atoms with van der Waals surface area (Å²) in [7, 11) is -3.71. The highest BCUT2D eigenvalue weighted by atomic mass is 32.2. The second-order valence-electron chi connectivity index (χ2n) is 7.39. The highest BCUT2D eigenvalue weighted by Crippen LogP contribution is 2.21. The van der Waals surface area contributed by atoms with E-state index in [0.29, 0.717) is 25.6 Å². The first kappa shape index (κ1) is 25.3. The van der Waals surface area contributed by atoms with Gasteiger partial charge in [-0.1, -0.05) is 42.5 Å². The van der Waals surface area contributed by atoms with Crippen LogP contribution in [0.1, 0.15) is 10.4 Å². The smallest absolute Gasteiger partial charge is 0.277 e. The van der Waals surface area contributed by atoms with Crippen LogP contribution >= 0.6 is 0 Å². The largest absolute Gasteiger partial charge is 0.373 e. The summed E-state index contributed by atoms with van der Waals surface area (Å²) in [6.45, 7) is 1.36. The Balaban J connectivity index is 0.00000324. The second-order valence-corrected chi connectivity index (χ2v) is 9.16. The van der Waals surface area contributed by atoms with Gasteiger partial charge in [-0.15, -0.1) is 0 Å². The Labute approximate surface area is 199 Å². The van der Waals surface area contributed by atoms with Gasteiger partial charge < -0.3 is 9.64 Å². The number of benzene rings is 2. The number of carbonyl (C=O) groups excluding carboxylic acids is 1. The third-order valence-corrected chi connectivity index (χ3v) is 6.64. The molecule has 0 saturated carbocycles. The summed E-state index contributed by atoms with van der Waals surface area (Å²) in [4.78, 5) is 21.7. The number of hydroxylamine groups is 1. The number of aromatic nitrogens is 2. The van der Waals surface area contributed by atoms with E-state index in [1.807, 2.05) is 35.2 Å². The van der Waals surface area contributed by atoms with Crippen LogP contribution in [0.25, 0.3) is 11.1 Å². The van der Waals surface area contributed by atoms with Gasteiger partial charge in [-0.25, -0.2) is 28.6 Å². The molecule has 1 atom stereocenters. The Hall–Kier alpha value is -3.32. The molecule has 34 heavy (non-hydrogen) atoms. The molecule has 1 aliphatic rings. The Morgan fingerprint density at radius 3 is 2.35 bits per heavy atom. The van der Waals surface area contributed by atoms with E-state index in [1.54, 1.807) is 24.3 Å². The number of anilines is 1. The maximum Gasteiger partial charge on any atom is 0.277 e. The molecule has 1 fully saturated rings. The lowest BCUT2D eigenvalue weighted by Crippen LogP contribution is -2.48. The predicted octanol–water partition coefficient (Wildman–Crippen LogP) is 1.07. The van der Waals surface area contributed by atoms with Crippen molar-refractivity contribution in [3.05, 3.63) is 72.6 Å². The monoisotopic (exact) mass is 480 g/mol. The fraction of sp³-hybridized carbons (Fsp3) is 0.227. The maximum atomic E-state index is 12.7. The summed E-state index contributed by atoms with van der Waals surface area (Å²) < 4.78 is 33.8. The van der Waals surface area contributed by atoms with E-state index < -0.39 is 22.0 Å². The van der Waals surface area contributed by atoms with Crippen molar-refractivity contribution in [2.24, 2.45) is 0 Å². The van der Waals surface area contributed by atoms with E-state index >= 15 is 0 Å². The zero-order valence-electron chi connectivity index (χ0n) is 18.2. The molecule has 3 radical (unpaired) electrons. The minimum atomic E-state index is -3.71. The van der Waals surface area contributed by atoms with Gasteiger partial charge in [0.15, 0.2) is 0 Å². The molecule has 1 aromatic heterocycles. The van der Waals surface area contributed by atoms with Gasteiger partial charge in [0.2, 0.25) is 16.0 Å². The van der Waals surface area contributed by atoms with Gasteiger partial charge in [-0.2, -0.15) is 0 Å². The molecular weight excluding hydrogens is 457 g/mol. The summed E-state index contributed by atoms with van der Waals surface area (Å²) in [5, 5.41) is 8.68. The summed E-state index contributed by atoms with van der Waals surface area (Å²) in [6.07, 6.45) is 2.21. The topological polar surface area (TPSA) is 134 Å². The molecule has 0 unspecified atom stereocenters. The Kier molecular flexibility index (Phi) is 8.34. The number of hydrogen-bond donors (Lipinski definition) is 3. The number of nitrogens with zero attached hydrogens (tertiary/aromatic N) is 3. The number of nitrogens with one attached hydrogen (secondary N) is 2. The van der Waals surface area contributed by atoms with Crippen LogP contribution in [0, 0.1) is 0 Å². The number of ether oxygens (including phenoxy) is 1. The minimum Gasteiger partial charge on any atom is -0.373 e. The molecule has 2 aromatic carbocycles. The van der Waals surface area contributed by atoms with Crippen LogP contribution in [0.2, 0.25) is 0 Å². The number of rotatable bonds is 7. The third kappa shape index (κ3) is 5.97. The number of amides is 1. The second kappa shape index (κ2) is 11.2. The van der Waals surface area contributed by atoms with Crippen molar-refractivity contribution in [2.45, 2.75) is 11.0 Å². The molecule has 0 bridgehead atoms. The molecule has 3 aromatic rings. The van der Waals surface area contributed by atoms with Crippen LogP contribution in [0.5, 0.6) is 0 Å². The SMILES string of the molecule is O=C(NO)c1cnc(N2CCO[C@H](CNS(=O)(=O)c3ccc(-c4ccccc4)cc3)C2)nc1.[B].